The molecule has 1 aromatic heterocycles. The molecule has 1 aromatic carbocycles. The van der Waals surface area contributed by atoms with Crippen molar-refractivity contribution in [3.8, 4) is 5.75 Å². The quantitative estimate of drug-likeness (QED) is 0.937. The van der Waals surface area contributed by atoms with Gasteiger partial charge in [0, 0.05) is 0 Å². The van der Waals surface area contributed by atoms with E-state index in [9.17, 15) is 0 Å². The van der Waals surface area contributed by atoms with Crippen LogP contribution < -0.4 is 4.74 Å². The second-order valence-electron chi connectivity index (χ2n) is 3.51. The first-order valence-electron chi connectivity index (χ1n) is 5.01. The van der Waals surface area contributed by atoms with Crippen molar-refractivity contribution < 1.29 is 14.5 Å². The van der Waals surface area contributed by atoms with Crippen molar-refractivity contribution in [2.75, 3.05) is 0 Å². The van der Waals surface area contributed by atoms with Gasteiger partial charge in [0.05, 0.1) is 11.1 Å². The van der Waals surface area contributed by atoms with E-state index in [1.54, 1.807) is 19.1 Å². The highest BCUT2D eigenvalue weighted by Crippen LogP contribution is 2.26. The molecule has 0 saturated heterocycles. The number of nitrogens with zero attached hydrogens (tertiary/aromatic N) is 2. The van der Waals surface area contributed by atoms with Crippen LogP contribution in [0.3, 0.4) is 0 Å². The predicted molar refractivity (Wildman–Crippen MR) is 63.4 cm³/mol. The van der Waals surface area contributed by atoms with Crippen LogP contribution in [-0.2, 0) is 13.2 Å². The summed E-state index contributed by atoms with van der Waals surface area (Å²) in [6.45, 7) is 2.11. The predicted octanol–water partition coefficient (Wildman–Crippen LogP) is 2.21. The summed E-state index contributed by atoms with van der Waals surface area (Å²) in [7, 11) is 0. The fourth-order valence-electron chi connectivity index (χ4n) is 1.29. The molecule has 1 heterocycles. The van der Waals surface area contributed by atoms with Gasteiger partial charge in [-0.2, -0.15) is 0 Å². The zero-order valence-corrected chi connectivity index (χ0v) is 10.8. The van der Waals surface area contributed by atoms with Crippen molar-refractivity contribution in [1.29, 1.82) is 0 Å². The fraction of sp³-hybridized carbons (Fsp3) is 0.273. The zero-order valence-electron chi connectivity index (χ0n) is 9.18. The van der Waals surface area contributed by atoms with E-state index >= 15 is 0 Å². The Kier molecular flexibility index (Phi) is 3.75. The number of benzene rings is 1. The van der Waals surface area contributed by atoms with E-state index in [1.807, 2.05) is 6.07 Å². The Morgan fingerprint density at radius 2 is 2.24 bits per heavy atom. The van der Waals surface area contributed by atoms with Crippen LogP contribution in [0.15, 0.2) is 27.3 Å². The number of aryl methyl sites for hydroxylation is 1. The third-order valence-electron chi connectivity index (χ3n) is 2.29. The number of halogens is 1. The summed E-state index contributed by atoms with van der Waals surface area (Å²) >= 11 is 3.38. The molecule has 0 aliphatic carbocycles. The lowest BCUT2D eigenvalue weighted by molar-refractivity contribution is 0.268. The van der Waals surface area contributed by atoms with Crippen molar-refractivity contribution in [2.24, 2.45) is 0 Å². The van der Waals surface area contributed by atoms with Gasteiger partial charge in [-0.05, 0) is 40.5 Å². The smallest absolute Gasteiger partial charge is 0.145 e. The number of aromatic nitrogens is 2. The molecule has 0 atom stereocenters. The molecule has 0 radical (unpaired) electrons. The van der Waals surface area contributed by atoms with Crippen LogP contribution in [0.2, 0.25) is 0 Å². The van der Waals surface area contributed by atoms with E-state index in [-0.39, 0.29) is 6.61 Å². The van der Waals surface area contributed by atoms with Gasteiger partial charge >= 0.3 is 0 Å². The Morgan fingerprint density at radius 1 is 1.41 bits per heavy atom. The van der Waals surface area contributed by atoms with Crippen molar-refractivity contribution in [3.63, 3.8) is 0 Å². The topological polar surface area (TPSA) is 68.4 Å². The summed E-state index contributed by atoms with van der Waals surface area (Å²) in [6, 6.07) is 5.40. The van der Waals surface area contributed by atoms with Crippen molar-refractivity contribution in [1.82, 2.24) is 10.3 Å². The molecule has 2 rings (SSSR count). The third-order valence-corrected chi connectivity index (χ3v) is 2.91. The zero-order chi connectivity index (χ0) is 12.3. The lowest BCUT2D eigenvalue weighted by atomic mass is 10.2. The lowest BCUT2D eigenvalue weighted by Crippen LogP contribution is -1.98. The van der Waals surface area contributed by atoms with E-state index < -0.39 is 0 Å². The number of aliphatic hydroxyl groups is 1. The van der Waals surface area contributed by atoms with Gasteiger partial charge in [0.1, 0.15) is 23.7 Å². The molecular weight excluding hydrogens is 288 g/mol. The van der Waals surface area contributed by atoms with Crippen LogP contribution in [0.5, 0.6) is 5.75 Å². The van der Waals surface area contributed by atoms with Crippen LogP contribution in [0.25, 0.3) is 0 Å². The van der Waals surface area contributed by atoms with Crippen LogP contribution in [-0.4, -0.2) is 15.4 Å². The molecule has 0 aliphatic heterocycles. The Morgan fingerprint density at radius 3 is 2.82 bits per heavy atom. The number of aliphatic hydroxyl groups excluding tert-OH is 1. The maximum Gasteiger partial charge on any atom is 0.145 e. The Balaban J connectivity index is 2.07. The number of hydrogen-bond donors (Lipinski definition) is 1. The van der Waals surface area contributed by atoms with Gasteiger partial charge in [-0.3, -0.25) is 0 Å². The average molecular weight is 299 g/mol. The van der Waals surface area contributed by atoms with Crippen LogP contribution in [0.1, 0.15) is 17.0 Å². The van der Waals surface area contributed by atoms with Gasteiger partial charge in [0.2, 0.25) is 0 Å². The minimum atomic E-state index is 0.00515. The van der Waals surface area contributed by atoms with Gasteiger partial charge in [-0.25, -0.2) is 4.63 Å². The minimum Gasteiger partial charge on any atom is -0.486 e. The molecule has 6 heteroatoms. The standard InChI is InChI=1S/C11H11BrN2O3/c1-7-10(14-17-13-7)6-16-11-3-2-8(5-15)4-9(11)12/h2-4,15H,5-6H2,1H3. The molecule has 0 unspecified atom stereocenters. The van der Waals surface area contributed by atoms with Crippen LogP contribution >= 0.6 is 15.9 Å². The normalized spacial score (nSPS) is 10.5. The number of hydrogen-bond acceptors (Lipinski definition) is 5. The monoisotopic (exact) mass is 298 g/mol. The second kappa shape index (κ2) is 5.29. The highest BCUT2D eigenvalue weighted by atomic mass is 79.9. The maximum atomic E-state index is 8.98. The highest BCUT2D eigenvalue weighted by molar-refractivity contribution is 9.10. The maximum absolute atomic E-state index is 8.98. The van der Waals surface area contributed by atoms with Crippen molar-refractivity contribution in [2.45, 2.75) is 20.1 Å². The minimum absolute atomic E-state index is 0.00515. The van der Waals surface area contributed by atoms with E-state index in [0.717, 1.165) is 10.0 Å². The summed E-state index contributed by atoms with van der Waals surface area (Å²) in [5.74, 6) is 0.685. The molecule has 0 fully saturated rings. The van der Waals surface area contributed by atoms with E-state index in [4.69, 9.17) is 9.84 Å². The summed E-state index contributed by atoms with van der Waals surface area (Å²) in [5, 5.41) is 16.4. The van der Waals surface area contributed by atoms with Crippen LogP contribution in [0, 0.1) is 6.92 Å². The molecule has 2 aromatic rings. The molecule has 17 heavy (non-hydrogen) atoms. The summed E-state index contributed by atoms with van der Waals surface area (Å²) in [5.41, 5.74) is 2.21. The molecule has 0 spiro atoms. The van der Waals surface area contributed by atoms with E-state index in [0.29, 0.717) is 23.7 Å². The molecule has 1 N–H and O–H groups in total. The SMILES string of the molecule is Cc1nonc1COc1ccc(CO)cc1Br. The van der Waals surface area contributed by atoms with Gasteiger partial charge in [-0.1, -0.05) is 16.4 Å². The second-order valence-corrected chi connectivity index (χ2v) is 4.36. The summed E-state index contributed by atoms with van der Waals surface area (Å²) in [4.78, 5) is 0. The highest BCUT2D eigenvalue weighted by Gasteiger charge is 2.08. The Labute approximate surface area is 106 Å². The first kappa shape index (κ1) is 12.1. The average Bonchev–Trinajstić information content (AvgIpc) is 2.73. The first-order chi connectivity index (χ1) is 8.20. The molecule has 5 nitrogen and oxygen atoms in total. The van der Waals surface area contributed by atoms with Gasteiger partial charge in [-0.15, -0.1) is 0 Å². The van der Waals surface area contributed by atoms with E-state index in [1.165, 1.54) is 0 Å². The lowest BCUT2D eigenvalue weighted by Gasteiger charge is -2.07. The first-order valence-corrected chi connectivity index (χ1v) is 5.80. The Bertz CT molecular complexity index is 513. The van der Waals surface area contributed by atoms with Crippen molar-refractivity contribution >= 4 is 15.9 Å². The number of ether oxygens (including phenoxy) is 1. The molecule has 0 aliphatic rings. The molecule has 0 saturated carbocycles. The molecule has 90 valence electrons. The third kappa shape index (κ3) is 2.83. The Hall–Kier alpha value is -1.40. The summed E-state index contributed by atoms with van der Waals surface area (Å²) < 4.78 is 10.9. The molecular formula is C11H11BrN2O3. The van der Waals surface area contributed by atoms with Gasteiger partial charge in [0.15, 0.2) is 0 Å². The van der Waals surface area contributed by atoms with Gasteiger partial charge < -0.3 is 9.84 Å². The van der Waals surface area contributed by atoms with Crippen LogP contribution in [0.4, 0.5) is 0 Å². The summed E-state index contributed by atoms with van der Waals surface area (Å²) in [6.07, 6.45) is 0. The molecule has 0 bridgehead atoms. The molecule has 0 amide bonds. The fourth-order valence-corrected chi connectivity index (χ4v) is 1.83. The van der Waals surface area contributed by atoms with E-state index in [2.05, 4.69) is 30.9 Å². The number of rotatable bonds is 4. The van der Waals surface area contributed by atoms with Gasteiger partial charge in [0.25, 0.3) is 0 Å². The van der Waals surface area contributed by atoms with Crippen molar-refractivity contribution in [3.05, 3.63) is 39.6 Å². The largest absolute Gasteiger partial charge is 0.486 e.